The van der Waals surface area contributed by atoms with Crippen molar-refractivity contribution in [3.8, 4) is 5.75 Å². The highest BCUT2D eigenvalue weighted by Crippen LogP contribution is 2.18. The Bertz CT molecular complexity index is 1010. The molecule has 5 heteroatoms. The van der Waals surface area contributed by atoms with E-state index >= 15 is 0 Å². The van der Waals surface area contributed by atoms with E-state index in [-0.39, 0.29) is 10.6 Å². The van der Waals surface area contributed by atoms with Gasteiger partial charge in [0.1, 0.15) is 5.75 Å². The van der Waals surface area contributed by atoms with Crippen LogP contribution in [0.4, 0.5) is 0 Å². The Kier molecular flexibility index (Phi) is 5.19. The molecule has 0 aromatic heterocycles. The minimum Gasteiger partial charge on any atom is -0.423 e. The maximum Gasteiger partial charge on any atom is 0.343 e. The fourth-order valence-corrected chi connectivity index (χ4v) is 3.85. The van der Waals surface area contributed by atoms with Gasteiger partial charge in [-0.15, -0.1) is 0 Å². The molecule has 0 N–H and O–H groups in total. The molecule has 0 aliphatic carbocycles. The van der Waals surface area contributed by atoms with Gasteiger partial charge in [0.2, 0.25) is 0 Å². The largest absolute Gasteiger partial charge is 0.423 e. The summed E-state index contributed by atoms with van der Waals surface area (Å²) in [7, 11) is -3.47. The smallest absolute Gasteiger partial charge is 0.343 e. The summed E-state index contributed by atoms with van der Waals surface area (Å²) in [4.78, 5) is 12.6. The van der Waals surface area contributed by atoms with Crippen molar-refractivity contribution in [3.63, 3.8) is 0 Å². The number of aryl methyl sites for hydroxylation is 1. The molecule has 132 valence electrons. The van der Waals surface area contributed by atoms with E-state index in [0.29, 0.717) is 16.9 Å². The molecule has 0 bridgehead atoms. The predicted molar refractivity (Wildman–Crippen MR) is 99.9 cm³/mol. The topological polar surface area (TPSA) is 60.4 Å². The van der Waals surface area contributed by atoms with E-state index in [0.717, 1.165) is 5.56 Å². The lowest BCUT2D eigenvalue weighted by molar-refractivity contribution is 0.0734. The minimum absolute atomic E-state index is 0.178. The van der Waals surface area contributed by atoms with Crippen molar-refractivity contribution < 1.29 is 17.9 Å². The van der Waals surface area contributed by atoms with Crippen LogP contribution >= 0.6 is 0 Å². The molecule has 3 aromatic carbocycles. The van der Waals surface area contributed by atoms with Crippen molar-refractivity contribution in [2.75, 3.05) is 0 Å². The Morgan fingerprint density at radius 3 is 2.27 bits per heavy atom. The number of esters is 1. The summed E-state index contributed by atoms with van der Waals surface area (Å²) in [5, 5.41) is 0. The summed E-state index contributed by atoms with van der Waals surface area (Å²) in [6.45, 7) is 1.95. The van der Waals surface area contributed by atoms with Crippen LogP contribution in [0.1, 0.15) is 21.5 Å². The van der Waals surface area contributed by atoms with Crippen LogP contribution in [0.3, 0.4) is 0 Å². The fourth-order valence-electron chi connectivity index (χ4n) is 2.49. The summed E-state index contributed by atoms with van der Waals surface area (Å²) >= 11 is 0. The molecule has 0 saturated heterocycles. The fraction of sp³-hybridized carbons (Fsp3) is 0.0952. The second-order valence-corrected chi connectivity index (χ2v) is 7.96. The normalized spacial score (nSPS) is 11.1. The Balaban J connectivity index is 1.77. The van der Waals surface area contributed by atoms with Gasteiger partial charge in [0.25, 0.3) is 0 Å². The van der Waals surface area contributed by atoms with Gasteiger partial charge >= 0.3 is 5.97 Å². The van der Waals surface area contributed by atoms with Crippen LogP contribution < -0.4 is 4.74 Å². The van der Waals surface area contributed by atoms with Crippen molar-refractivity contribution in [2.45, 2.75) is 17.6 Å². The summed E-state index contributed by atoms with van der Waals surface area (Å²) in [6.07, 6.45) is 0. The molecule has 0 unspecified atom stereocenters. The molecule has 4 nitrogen and oxygen atoms in total. The second kappa shape index (κ2) is 7.54. The lowest BCUT2D eigenvalue weighted by atomic mass is 10.1. The molecular weight excluding hydrogens is 348 g/mol. The number of hydrogen-bond donors (Lipinski definition) is 0. The first-order valence-corrected chi connectivity index (χ1v) is 9.75. The molecule has 0 aliphatic rings. The second-order valence-electron chi connectivity index (χ2n) is 5.98. The lowest BCUT2D eigenvalue weighted by Crippen LogP contribution is -2.10. The van der Waals surface area contributed by atoms with E-state index < -0.39 is 15.8 Å². The molecule has 3 aromatic rings. The van der Waals surface area contributed by atoms with E-state index in [2.05, 4.69) is 0 Å². The van der Waals surface area contributed by atoms with Crippen molar-refractivity contribution in [2.24, 2.45) is 0 Å². The van der Waals surface area contributed by atoms with Gasteiger partial charge < -0.3 is 4.74 Å². The number of benzene rings is 3. The Hall–Kier alpha value is -2.92. The first-order chi connectivity index (χ1) is 12.4. The van der Waals surface area contributed by atoms with Gasteiger partial charge in [0.15, 0.2) is 9.84 Å². The van der Waals surface area contributed by atoms with Crippen LogP contribution in [-0.2, 0) is 15.6 Å². The van der Waals surface area contributed by atoms with Gasteiger partial charge in [0.05, 0.1) is 16.2 Å². The van der Waals surface area contributed by atoms with Gasteiger partial charge in [-0.2, -0.15) is 0 Å². The number of ether oxygens (including phenoxy) is 1. The molecule has 0 saturated carbocycles. The van der Waals surface area contributed by atoms with Crippen LogP contribution in [0.25, 0.3) is 0 Å². The number of rotatable bonds is 5. The highest BCUT2D eigenvalue weighted by atomic mass is 32.2. The molecule has 0 aliphatic heterocycles. The summed E-state index contributed by atoms with van der Waals surface area (Å²) in [5.41, 5.74) is 1.91. The van der Waals surface area contributed by atoms with Crippen LogP contribution in [0, 0.1) is 6.92 Å². The predicted octanol–water partition coefficient (Wildman–Crippen LogP) is 4.19. The van der Waals surface area contributed by atoms with Crippen molar-refractivity contribution in [3.05, 3.63) is 95.6 Å². The number of carbonyl (C=O) groups is 1. The summed E-state index contributed by atoms with van der Waals surface area (Å²) in [6, 6.07) is 21.9. The molecular formula is C21H18O4S. The van der Waals surface area contributed by atoms with E-state index in [1.54, 1.807) is 66.7 Å². The molecule has 0 heterocycles. The number of carbonyl (C=O) groups excluding carboxylic acids is 1. The highest BCUT2D eigenvalue weighted by molar-refractivity contribution is 7.90. The van der Waals surface area contributed by atoms with Gasteiger partial charge in [-0.1, -0.05) is 48.0 Å². The summed E-state index contributed by atoms with van der Waals surface area (Å²) in [5.74, 6) is -0.251. The van der Waals surface area contributed by atoms with Crippen molar-refractivity contribution >= 4 is 15.8 Å². The van der Waals surface area contributed by atoms with Gasteiger partial charge in [-0.25, -0.2) is 13.2 Å². The maximum absolute atomic E-state index is 12.5. The van der Waals surface area contributed by atoms with Gasteiger partial charge in [-0.3, -0.25) is 0 Å². The third kappa shape index (κ3) is 4.37. The van der Waals surface area contributed by atoms with E-state index in [1.807, 2.05) is 19.1 Å². The first-order valence-electron chi connectivity index (χ1n) is 8.10. The number of hydrogen-bond acceptors (Lipinski definition) is 4. The summed E-state index contributed by atoms with van der Waals surface area (Å²) < 4.78 is 30.3. The SMILES string of the molecule is Cc1ccc(OC(=O)c2cccc(CS(=O)(=O)c3ccccc3)c2)cc1. The van der Waals surface area contributed by atoms with Crippen LogP contribution in [-0.4, -0.2) is 14.4 Å². The zero-order valence-corrected chi connectivity index (χ0v) is 15.1. The average Bonchev–Trinajstić information content (AvgIpc) is 2.64. The molecule has 0 radical (unpaired) electrons. The van der Waals surface area contributed by atoms with Gasteiger partial charge in [-0.05, 0) is 48.9 Å². The first kappa shape index (κ1) is 17.9. The standard InChI is InChI=1S/C21H18O4S/c1-16-10-12-19(13-11-16)25-21(22)18-7-5-6-17(14-18)15-26(23,24)20-8-3-2-4-9-20/h2-14H,15H2,1H3. The molecule has 26 heavy (non-hydrogen) atoms. The van der Waals surface area contributed by atoms with E-state index in [9.17, 15) is 13.2 Å². The van der Waals surface area contributed by atoms with Crippen LogP contribution in [0.2, 0.25) is 0 Å². The molecule has 0 fully saturated rings. The zero-order chi connectivity index (χ0) is 18.6. The molecule has 3 rings (SSSR count). The average molecular weight is 366 g/mol. The highest BCUT2D eigenvalue weighted by Gasteiger charge is 2.16. The Morgan fingerprint density at radius 1 is 0.885 bits per heavy atom. The van der Waals surface area contributed by atoms with E-state index in [1.165, 1.54) is 0 Å². The Labute approximate surface area is 153 Å². The molecule has 0 spiro atoms. The molecule has 0 amide bonds. The zero-order valence-electron chi connectivity index (χ0n) is 14.3. The quantitative estimate of drug-likeness (QED) is 0.502. The minimum atomic E-state index is -3.47. The molecule has 0 atom stereocenters. The lowest BCUT2D eigenvalue weighted by Gasteiger charge is -2.08. The number of sulfone groups is 1. The Morgan fingerprint density at radius 2 is 1.58 bits per heavy atom. The third-order valence-corrected chi connectivity index (χ3v) is 5.56. The maximum atomic E-state index is 12.5. The monoisotopic (exact) mass is 366 g/mol. The van der Waals surface area contributed by atoms with E-state index in [4.69, 9.17) is 4.74 Å². The van der Waals surface area contributed by atoms with Crippen LogP contribution in [0.5, 0.6) is 5.75 Å². The van der Waals surface area contributed by atoms with Crippen molar-refractivity contribution in [1.82, 2.24) is 0 Å². The van der Waals surface area contributed by atoms with Gasteiger partial charge in [0, 0.05) is 0 Å². The van der Waals surface area contributed by atoms with Crippen molar-refractivity contribution in [1.29, 1.82) is 0 Å². The third-order valence-electron chi connectivity index (χ3n) is 3.85. The van der Waals surface area contributed by atoms with Crippen LogP contribution in [0.15, 0.2) is 83.8 Å².